The van der Waals surface area contributed by atoms with Crippen LogP contribution in [-0.2, 0) is 9.47 Å². The molecule has 3 rings (SSSR count). The van der Waals surface area contributed by atoms with E-state index in [1.165, 1.54) is 0 Å². The van der Waals surface area contributed by atoms with Gasteiger partial charge in [-0.25, -0.2) is 0 Å². The number of ether oxygens (including phenoxy) is 2. The van der Waals surface area contributed by atoms with Crippen LogP contribution in [0.4, 0.5) is 0 Å². The van der Waals surface area contributed by atoms with E-state index in [0.717, 1.165) is 0 Å². The van der Waals surface area contributed by atoms with Gasteiger partial charge in [-0.05, 0) is 18.9 Å². The van der Waals surface area contributed by atoms with Gasteiger partial charge in [0.05, 0.1) is 24.1 Å². The van der Waals surface area contributed by atoms with Crippen LogP contribution >= 0.6 is 11.6 Å². The Morgan fingerprint density at radius 2 is 1.81 bits per heavy atom. The molecular formula is C20H19ClN4O2. The number of hydrogen-bond donors (Lipinski definition) is 1. The van der Waals surface area contributed by atoms with Gasteiger partial charge in [0.25, 0.3) is 0 Å². The van der Waals surface area contributed by atoms with Gasteiger partial charge >= 0.3 is 0 Å². The molecule has 2 saturated heterocycles. The van der Waals surface area contributed by atoms with Crippen LogP contribution in [0.1, 0.15) is 44.8 Å². The summed E-state index contributed by atoms with van der Waals surface area (Å²) in [5.41, 5.74) is -3.25. The molecule has 4 unspecified atom stereocenters. The first-order valence-electron chi connectivity index (χ1n) is 8.87. The van der Waals surface area contributed by atoms with E-state index in [1.54, 1.807) is 24.3 Å². The lowest BCUT2D eigenvalue weighted by Gasteiger charge is -2.49. The van der Waals surface area contributed by atoms with Crippen LogP contribution in [0.15, 0.2) is 24.3 Å². The average molecular weight is 383 g/mol. The Bertz CT molecular complexity index is 898. The molecule has 2 aliphatic heterocycles. The van der Waals surface area contributed by atoms with Gasteiger partial charge in [-0.15, -0.1) is 0 Å². The Labute approximate surface area is 163 Å². The zero-order valence-electron chi connectivity index (χ0n) is 15.1. The van der Waals surface area contributed by atoms with Crippen LogP contribution < -0.4 is 0 Å². The van der Waals surface area contributed by atoms with E-state index in [0.29, 0.717) is 29.8 Å². The highest BCUT2D eigenvalue weighted by Gasteiger charge is 2.79. The molecule has 1 aromatic rings. The molecule has 27 heavy (non-hydrogen) atoms. The maximum Gasteiger partial charge on any atom is 0.217 e. The van der Waals surface area contributed by atoms with Crippen molar-refractivity contribution in [3.63, 3.8) is 0 Å². The van der Waals surface area contributed by atoms with Crippen LogP contribution in [-0.4, -0.2) is 11.7 Å². The van der Waals surface area contributed by atoms with Crippen LogP contribution in [0, 0.1) is 56.2 Å². The molecule has 6 nitrogen and oxygen atoms in total. The van der Waals surface area contributed by atoms with E-state index >= 15 is 0 Å². The highest BCUT2D eigenvalue weighted by atomic mass is 35.5. The summed E-state index contributed by atoms with van der Waals surface area (Å²) in [7, 11) is 0. The minimum atomic E-state index is -1.96. The van der Waals surface area contributed by atoms with Crippen molar-refractivity contribution in [2.45, 2.75) is 45.0 Å². The summed E-state index contributed by atoms with van der Waals surface area (Å²) >= 11 is 6.36. The normalized spacial score (nSPS) is 33.4. The van der Waals surface area contributed by atoms with Gasteiger partial charge in [-0.3, -0.25) is 5.41 Å². The van der Waals surface area contributed by atoms with Crippen molar-refractivity contribution in [1.29, 1.82) is 21.2 Å². The van der Waals surface area contributed by atoms with Crippen molar-refractivity contribution in [1.82, 2.24) is 0 Å². The summed E-state index contributed by atoms with van der Waals surface area (Å²) in [5, 5.41) is 39.2. The molecule has 2 heterocycles. The van der Waals surface area contributed by atoms with E-state index in [1.807, 2.05) is 26.0 Å². The fourth-order valence-corrected chi connectivity index (χ4v) is 4.87. The smallest absolute Gasteiger partial charge is 0.217 e. The second-order valence-electron chi connectivity index (χ2n) is 6.92. The quantitative estimate of drug-likeness (QED) is 0.824. The summed E-state index contributed by atoms with van der Waals surface area (Å²) in [5.74, 6) is -2.22. The van der Waals surface area contributed by atoms with Crippen molar-refractivity contribution in [2.24, 2.45) is 16.7 Å². The van der Waals surface area contributed by atoms with Crippen LogP contribution in [0.25, 0.3) is 0 Å². The van der Waals surface area contributed by atoms with Crippen molar-refractivity contribution in [3.05, 3.63) is 34.9 Å². The predicted octanol–water partition coefficient (Wildman–Crippen LogP) is 4.48. The predicted molar refractivity (Wildman–Crippen MR) is 97.2 cm³/mol. The molecule has 0 amide bonds. The molecule has 0 aliphatic carbocycles. The van der Waals surface area contributed by atoms with Crippen molar-refractivity contribution in [3.8, 4) is 18.2 Å². The molecule has 0 spiro atoms. The molecule has 138 valence electrons. The van der Waals surface area contributed by atoms with E-state index < -0.39 is 28.6 Å². The average Bonchev–Trinajstić information content (AvgIpc) is 2.86. The number of benzene rings is 1. The van der Waals surface area contributed by atoms with Gasteiger partial charge in [0.15, 0.2) is 5.41 Å². The van der Waals surface area contributed by atoms with Gasteiger partial charge in [-0.2, -0.15) is 15.8 Å². The molecule has 2 fully saturated rings. The fraction of sp³-hybridized carbons (Fsp3) is 0.500. The molecule has 0 aromatic heterocycles. The number of hydrogen-bond acceptors (Lipinski definition) is 6. The van der Waals surface area contributed by atoms with Gasteiger partial charge in [0.2, 0.25) is 17.1 Å². The molecule has 7 heteroatoms. The van der Waals surface area contributed by atoms with Crippen LogP contribution in [0.5, 0.6) is 0 Å². The zero-order chi connectivity index (χ0) is 19.9. The lowest BCUT2D eigenvalue weighted by molar-refractivity contribution is -0.286. The van der Waals surface area contributed by atoms with Crippen molar-refractivity contribution in [2.75, 3.05) is 0 Å². The number of nitrogens with zero attached hydrogens (tertiary/aromatic N) is 3. The maximum absolute atomic E-state index is 10.2. The highest BCUT2D eigenvalue weighted by molar-refractivity contribution is 6.31. The Balaban J connectivity index is 2.37. The molecular weight excluding hydrogens is 364 g/mol. The van der Waals surface area contributed by atoms with E-state index in [9.17, 15) is 15.8 Å². The summed E-state index contributed by atoms with van der Waals surface area (Å²) in [6.45, 7) is 3.80. The Kier molecular flexibility index (Phi) is 4.64. The first-order chi connectivity index (χ1) is 12.9. The number of rotatable bonds is 4. The first-order valence-corrected chi connectivity index (χ1v) is 9.24. The maximum atomic E-state index is 10.2. The van der Waals surface area contributed by atoms with Gasteiger partial charge in [0, 0.05) is 17.0 Å². The number of nitrogens with one attached hydrogen (secondary N) is 1. The Morgan fingerprint density at radius 1 is 1.15 bits per heavy atom. The molecule has 2 bridgehead atoms. The van der Waals surface area contributed by atoms with Crippen molar-refractivity contribution < 1.29 is 9.47 Å². The Hall–Kier alpha value is -2.59. The third-order valence-corrected chi connectivity index (χ3v) is 6.09. The molecule has 0 radical (unpaired) electrons. The lowest BCUT2D eigenvalue weighted by atomic mass is 9.52. The second-order valence-corrected chi connectivity index (χ2v) is 7.33. The van der Waals surface area contributed by atoms with Gasteiger partial charge in [0.1, 0.15) is 6.10 Å². The summed E-state index contributed by atoms with van der Waals surface area (Å²) < 4.78 is 12.2. The monoisotopic (exact) mass is 382 g/mol. The zero-order valence-corrected chi connectivity index (χ0v) is 15.9. The molecule has 2 aliphatic rings. The summed E-state index contributed by atoms with van der Waals surface area (Å²) in [4.78, 5) is 0. The third kappa shape index (κ3) is 2.16. The number of fused-ring (bicyclic) bond motifs is 2. The first kappa shape index (κ1) is 19.2. The van der Waals surface area contributed by atoms with E-state index in [-0.39, 0.29) is 5.90 Å². The van der Waals surface area contributed by atoms with Crippen molar-refractivity contribution >= 4 is 17.5 Å². The number of nitriles is 3. The second kappa shape index (κ2) is 6.54. The van der Waals surface area contributed by atoms with Crippen LogP contribution in [0.2, 0.25) is 5.02 Å². The standard InChI is InChI=1S/C20H19ClN4O2/c1-3-9-20-15(4-2)19(12-24,17(25)27-20)18(10-22,11-23)16(26-20)13-7-5-6-8-14(13)21/h5-8,15-16,25H,3-4,9H2,1-2H3. The largest absolute Gasteiger partial charge is 0.447 e. The van der Waals surface area contributed by atoms with Crippen LogP contribution in [0.3, 0.4) is 0 Å². The molecule has 1 aromatic carbocycles. The Morgan fingerprint density at radius 3 is 2.33 bits per heavy atom. The molecule has 0 saturated carbocycles. The molecule has 4 atom stereocenters. The third-order valence-electron chi connectivity index (χ3n) is 5.74. The van der Waals surface area contributed by atoms with E-state index in [4.69, 9.17) is 26.5 Å². The van der Waals surface area contributed by atoms with Gasteiger partial charge < -0.3 is 9.47 Å². The fourth-order valence-electron chi connectivity index (χ4n) is 4.64. The summed E-state index contributed by atoms with van der Waals surface area (Å²) in [6, 6.07) is 13.0. The topological polar surface area (TPSA) is 114 Å². The number of halogens is 1. The van der Waals surface area contributed by atoms with E-state index in [2.05, 4.69) is 6.07 Å². The highest BCUT2D eigenvalue weighted by Crippen LogP contribution is 2.68. The molecule has 1 N–H and O–H groups in total. The lowest BCUT2D eigenvalue weighted by Crippen LogP contribution is -2.59. The van der Waals surface area contributed by atoms with Gasteiger partial charge in [-0.1, -0.05) is 43.6 Å². The minimum absolute atomic E-state index is 0.331. The summed E-state index contributed by atoms with van der Waals surface area (Å²) in [6.07, 6.45) is 0.437. The minimum Gasteiger partial charge on any atom is -0.447 e. The SMILES string of the molecule is CCCC12OC(=N)C(C#N)(C1CC)C(C#N)(C#N)C(c1ccccc1Cl)O2.